The van der Waals surface area contributed by atoms with Gasteiger partial charge in [-0.3, -0.25) is 4.72 Å². The van der Waals surface area contributed by atoms with Crippen molar-refractivity contribution in [2.45, 2.75) is 4.90 Å². The normalized spacial score (nSPS) is 11.1. The molecule has 0 aromatic heterocycles. The van der Waals surface area contributed by atoms with E-state index in [1.54, 1.807) is 0 Å². The van der Waals surface area contributed by atoms with E-state index < -0.39 is 38.9 Å². The SMILES string of the molecule is COC(=O)c1cc(NS(=O)(=O)c2ccccc2Cl)c(F)cc1F. The number of sulfonamides is 1. The first-order chi connectivity index (χ1) is 10.8. The van der Waals surface area contributed by atoms with Crippen molar-refractivity contribution in [2.75, 3.05) is 11.8 Å². The zero-order valence-electron chi connectivity index (χ0n) is 11.6. The number of rotatable bonds is 4. The maximum atomic E-state index is 13.8. The standard InChI is InChI=1S/C14H10ClF2NO4S/c1-22-14(19)8-6-12(11(17)7-10(8)16)18-23(20,21)13-5-3-2-4-9(13)15/h2-7,18H,1H3. The largest absolute Gasteiger partial charge is 0.465 e. The molecule has 0 unspecified atom stereocenters. The van der Waals surface area contributed by atoms with Crippen LogP contribution in [0.2, 0.25) is 5.02 Å². The second-order valence-corrected chi connectivity index (χ2v) is 6.40. The van der Waals surface area contributed by atoms with Crippen molar-refractivity contribution in [3.63, 3.8) is 0 Å². The molecule has 2 aromatic rings. The van der Waals surface area contributed by atoms with E-state index in [1.807, 2.05) is 4.72 Å². The van der Waals surface area contributed by atoms with Crippen LogP contribution in [0.15, 0.2) is 41.3 Å². The van der Waals surface area contributed by atoms with Crippen LogP contribution in [-0.4, -0.2) is 21.5 Å². The van der Waals surface area contributed by atoms with Gasteiger partial charge in [-0.15, -0.1) is 0 Å². The lowest BCUT2D eigenvalue weighted by Crippen LogP contribution is -2.16. The van der Waals surface area contributed by atoms with E-state index in [2.05, 4.69) is 4.74 Å². The van der Waals surface area contributed by atoms with Crippen molar-refractivity contribution < 1.29 is 26.7 Å². The van der Waals surface area contributed by atoms with Crippen molar-refractivity contribution in [3.05, 3.63) is 58.6 Å². The summed E-state index contributed by atoms with van der Waals surface area (Å²) in [5.41, 5.74) is -1.21. The third-order valence-electron chi connectivity index (χ3n) is 2.83. The molecule has 0 spiro atoms. The first kappa shape index (κ1) is 17.2. The molecule has 0 bridgehead atoms. The molecule has 0 amide bonds. The number of ether oxygens (including phenoxy) is 1. The molecule has 0 saturated heterocycles. The minimum absolute atomic E-state index is 0.0734. The van der Waals surface area contributed by atoms with E-state index in [0.717, 1.165) is 7.11 Å². The van der Waals surface area contributed by atoms with Crippen molar-refractivity contribution in [1.29, 1.82) is 0 Å². The predicted molar refractivity (Wildman–Crippen MR) is 80.0 cm³/mol. The molecule has 2 rings (SSSR count). The molecule has 9 heteroatoms. The van der Waals surface area contributed by atoms with E-state index in [-0.39, 0.29) is 9.92 Å². The zero-order chi connectivity index (χ0) is 17.2. The maximum absolute atomic E-state index is 13.8. The van der Waals surface area contributed by atoms with Gasteiger partial charge >= 0.3 is 5.97 Å². The van der Waals surface area contributed by atoms with Gasteiger partial charge in [0.1, 0.15) is 16.5 Å². The first-order valence-electron chi connectivity index (χ1n) is 6.11. The number of nitrogens with one attached hydrogen (secondary N) is 1. The lowest BCUT2D eigenvalue weighted by Gasteiger charge is -2.11. The Bertz CT molecular complexity index is 871. The van der Waals surface area contributed by atoms with Crippen LogP contribution in [0.5, 0.6) is 0 Å². The first-order valence-corrected chi connectivity index (χ1v) is 7.97. The molecule has 2 aromatic carbocycles. The Morgan fingerprint density at radius 2 is 1.83 bits per heavy atom. The summed E-state index contributed by atoms with van der Waals surface area (Å²) < 4.78 is 58.1. The highest BCUT2D eigenvalue weighted by Crippen LogP contribution is 2.26. The number of carbonyl (C=O) groups excluding carboxylic acids is 1. The van der Waals surface area contributed by atoms with Crippen LogP contribution < -0.4 is 4.72 Å². The van der Waals surface area contributed by atoms with Crippen LogP contribution >= 0.6 is 11.6 Å². The summed E-state index contributed by atoms with van der Waals surface area (Å²) in [6, 6.07) is 6.61. The highest BCUT2D eigenvalue weighted by atomic mass is 35.5. The molecule has 0 fully saturated rings. The van der Waals surface area contributed by atoms with Gasteiger partial charge in [0.05, 0.1) is 23.4 Å². The highest BCUT2D eigenvalue weighted by Gasteiger charge is 2.22. The number of methoxy groups -OCH3 is 1. The van der Waals surface area contributed by atoms with E-state index >= 15 is 0 Å². The van der Waals surface area contributed by atoms with E-state index in [0.29, 0.717) is 12.1 Å². The Balaban J connectivity index is 2.48. The van der Waals surface area contributed by atoms with Crippen LogP contribution in [0, 0.1) is 11.6 Å². The monoisotopic (exact) mass is 361 g/mol. The van der Waals surface area contributed by atoms with Crippen molar-refractivity contribution in [3.8, 4) is 0 Å². The van der Waals surface area contributed by atoms with Gasteiger partial charge in [0.2, 0.25) is 0 Å². The Kier molecular flexibility index (Phi) is 4.86. The van der Waals surface area contributed by atoms with E-state index in [9.17, 15) is 22.0 Å². The fraction of sp³-hybridized carbons (Fsp3) is 0.0714. The average Bonchev–Trinajstić information content (AvgIpc) is 2.49. The molecule has 1 N–H and O–H groups in total. The number of esters is 1. The molecule has 0 radical (unpaired) electrons. The molecule has 23 heavy (non-hydrogen) atoms. The molecule has 0 aliphatic rings. The van der Waals surface area contributed by atoms with Crippen molar-refractivity contribution >= 4 is 33.3 Å². The number of carbonyl (C=O) groups is 1. The van der Waals surface area contributed by atoms with E-state index in [4.69, 9.17) is 11.6 Å². The van der Waals surface area contributed by atoms with Gasteiger partial charge < -0.3 is 4.74 Å². The molecule has 122 valence electrons. The minimum atomic E-state index is -4.23. The van der Waals surface area contributed by atoms with Gasteiger partial charge in [-0.25, -0.2) is 22.0 Å². The van der Waals surface area contributed by atoms with Crippen molar-refractivity contribution in [2.24, 2.45) is 0 Å². The number of benzene rings is 2. The van der Waals surface area contributed by atoms with Gasteiger partial charge in [0, 0.05) is 6.07 Å². The van der Waals surface area contributed by atoms with E-state index in [1.165, 1.54) is 24.3 Å². The van der Waals surface area contributed by atoms with Crippen LogP contribution in [0.3, 0.4) is 0 Å². The van der Waals surface area contributed by atoms with Gasteiger partial charge in [-0.1, -0.05) is 23.7 Å². The van der Waals surface area contributed by atoms with Crippen LogP contribution in [0.25, 0.3) is 0 Å². The summed E-state index contributed by atoms with van der Waals surface area (Å²) in [4.78, 5) is 11.1. The maximum Gasteiger partial charge on any atom is 0.340 e. The molecular formula is C14H10ClF2NO4S. The molecular weight excluding hydrogens is 352 g/mol. The number of hydrogen-bond acceptors (Lipinski definition) is 4. The average molecular weight is 362 g/mol. The quantitative estimate of drug-likeness (QED) is 0.849. The lowest BCUT2D eigenvalue weighted by molar-refractivity contribution is 0.0595. The third kappa shape index (κ3) is 3.59. The number of halogens is 3. The summed E-state index contributed by atoms with van der Waals surface area (Å²) in [5.74, 6) is -3.43. The second kappa shape index (κ2) is 6.51. The van der Waals surface area contributed by atoms with Gasteiger partial charge in [-0.2, -0.15) is 0 Å². The summed E-state index contributed by atoms with van der Waals surface area (Å²) in [7, 11) is -3.21. The smallest absolute Gasteiger partial charge is 0.340 e. The Hall–Kier alpha value is -2.19. The highest BCUT2D eigenvalue weighted by molar-refractivity contribution is 7.92. The third-order valence-corrected chi connectivity index (χ3v) is 4.70. The van der Waals surface area contributed by atoms with Crippen LogP contribution in [0.1, 0.15) is 10.4 Å². The number of hydrogen-bond donors (Lipinski definition) is 1. The molecule has 0 saturated carbocycles. The minimum Gasteiger partial charge on any atom is -0.465 e. The lowest BCUT2D eigenvalue weighted by atomic mass is 10.2. The topological polar surface area (TPSA) is 72.5 Å². The molecule has 0 aliphatic heterocycles. The molecule has 0 atom stereocenters. The van der Waals surface area contributed by atoms with Gasteiger partial charge in [-0.05, 0) is 18.2 Å². The summed E-state index contributed by atoms with van der Waals surface area (Å²) in [5, 5.41) is -0.0734. The Labute approximate surface area is 135 Å². The van der Waals surface area contributed by atoms with Gasteiger partial charge in [0.25, 0.3) is 10.0 Å². The fourth-order valence-corrected chi connectivity index (χ4v) is 3.33. The Morgan fingerprint density at radius 3 is 2.43 bits per heavy atom. The van der Waals surface area contributed by atoms with Crippen molar-refractivity contribution in [1.82, 2.24) is 0 Å². The molecule has 0 aliphatic carbocycles. The van der Waals surface area contributed by atoms with Crippen LogP contribution in [-0.2, 0) is 14.8 Å². The summed E-state index contributed by atoms with van der Waals surface area (Å²) in [6.45, 7) is 0. The zero-order valence-corrected chi connectivity index (χ0v) is 13.2. The summed E-state index contributed by atoms with van der Waals surface area (Å²) >= 11 is 5.80. The van der Waals surface area contributed by atoms with Crippen LogP contribution in [0.4, 0.5) is 14.5 Å². The molecule has 5 nitrogen and oxygen atoms in total. The van der Waals surface area contributed by atoms with Gasteiger partial charge in [0.15, 0.2) is 0 Å². The number of anilines is 1. The summed E-state index contributed by atoms with van der Waals surface area (Å²) in [6.07, 6.45) is 0. The predicted octanol–water partition coefficient (Wildman–Crippen LogP) is 3.21. The second-order valence-electron chi connectivity index (χ2n) is 4.34. The Morgan fingerprint density at radius 1 is 1.17 bits per heavy atom. The molecule has 0 heterocycles. The fourth-order valence-electron chi connectivity index (χ4n) is 1.76.